The Morgan fingerprint density at radius 1 is 1.02 bits per heavy atom. The van der Waals surface area contributed by atoms with Gasteiger partial charge in [-0.2, -0.15) is 4.98 Å². The van der Waals surface area contributed by atoms with Crippen molar-refractivity contribution in [1.82, 2.24) is 29.3 Å². The average Bonchev–Trinajstić information content (AvgIpc) is 3.37. The second-order valence-electron chi connectivity index (χ2n) is 10.8. The van der Waals surface area contributed by atoms with E-state index in [2.05, 4.69) is 50.1 Å². The van der Waals surface area contributed by atoms with Crippen molar-refractivity contribution in [2.75, 3.05) is 38.5 Å². The van der Waals surface area contributed by atoms with Gasteiger partial charge in [0.2, 0.25) is 0 Å². The molecule has 0 bridgehead atoms. The fourth-order valence-corrected chi connectivity index (χ4v) is 5.28. The number of phenolic OH excluding ortho intramolecular Hbond substituents is 1. The molecule has 2 N–H and O–H groups in total. The first-order valence-corrected chi connectivity index (χ1v) is 14.4. The summed E-state index contributed by atoms with van der Waals surface area (Å²) < 4.78 is 7.93. The Morgan fingerprint density at radius 2 is 1.84 bits per heavy atom. The quantitative estimate of drug-likeness (QED) is 0.254. The number of anilines is 1. The monoisotopic (exact) mass is 597 g/mol. The molecule has 1 saturated heterocycles. The van der Waals surface area contributed by atoms with E-state index in [0.29, 0.717) is 39.0 Å². The molecule has 0 spiro atoms. The fourth-order valence-electron chi connectivity index (χ4n) is 5.08. The lowest BCUT2D eigenvalue weighted by molar-refractivity contribution is 0.102. The maximum absolute atomic E-state index is 13.3. The largest absolute Gasteiger partial charge is 0.508 e. The van der Waals surface area contributed by atoms with E-state index in [4.69, 9.17) is 16.3 Å². The molecule has 1 aliphatic rings. The number of carbonyl (C=O) groups is 1. The summed E-state index contributed by atoms with van der Waals surface area (Å²) in [6.45, 7) is 7.18. The number of piperazine rings is 1. The van der Waals surface area contributed by atoms with Gasteiger partial charge in [-0.25, -0.2) is 9.97 Å². The van der Waals surface area contributed by atoms with Crippen LogP contribution in [0.25, 0.3) is 22.6 Å². The van der Waals surface area contributed by atoms with E-state index in [1.807, 2.05) is 19.2 Å². The maximum Gasteiger partial charge on any atom is 0.257 e. The van der Waals surface area contributed by atoms with Crippen LogP contribution in [0.4, 0.5) is 5.69 Å². The number of fused-ring (bicyclic) bond motifs is 1. The van der Waals surface area contributed by atoms with Gasteiger partial charge in [0.1, 0.15) is 11.5 Å². The van der Waals surface area contributed by atoms with Crippen LogP contribution in [0.15, 0.2) is 67.0 Å². The number of hydrogen-bond acceptors (Lipinski definition) is 8. The number of likely N-dealkylation sites (N-methyl/N-ethyl adjacent to an activating group) is 1. The van der Waals surface area contributed by atoms with Crippen LogP contribution in [0.1, 0.15) is 21.5 Å². The molecular formula is C32H32ClN7O3. The number of nitrogens with one attached hydrogen (secondary N) is 1. The number of imidazole rings is 1. The van der Waals surface area contributed by atoms with Gasteiger partial charge in [-0.05, 0) is 67.6 Å². The standard InChI is InChI=1S/C32H32ClN7O3/c1-20-15-23(8-7-22(20)18-40-13-11-38(2)12-14-40)35-31(42)26-17-25(9-10-27(26)33)43-32-28-30(39(3)19-34-28)36-29(37-32)21-5-4-6-24(41)16-21/h4-10,15-17,19,41H,11-14,18H2,1-3H3,(H,35,42). The van der Waals surface area contributed by atoms with Crippen molar-refractivity contribution in [3.63, 3.8) is 0 Å². The zero-order valence-corrected chi connectivity index (χ0v) is 25.0. The molecule has 0 atom stereocenters. The number of aromatic nitrogens is 4. The summed E-state index contributed by atoms with van der Waals surface area (Å²) in [6, 6.07) is 17.5. The molecule has 1 aliphatic heterocycles. The lowest BCUT2D eigenvalue weighted by Crippen LogP contribution is -2.43. The van der Waals surface area contributed by atoms with Gasteiger partial charge in [-0.1, -0.05) is 29.8 Å². The molecule has 0 saturated carbocycles. The topological polar surface area (TPSA) is 109 Å². The first-order chi connectivity index (χ1) is 20.7. The lowest BCUT2D eigenvalue weighted by Gasteiger charge is -2.32. The Morgan fingerprint density at radius 3 is 2.60 bits per heavy atom. The zero-order chi connectivity index (χ0) is 30.1. The second-order valence-corrected chi connectivity index (χ2v) is 11.3. The van der Waals surface area contributed by atoms with Crippen LogP contribution in [0.2, 0.25) is 5.02 Å². The third-order valence-electron chi connectivity index (χ3n) is 7.62. The van der Waals surface area contributed by atoms with E-state index in [0.717, 1.165) is 38.3 Å². The van der Waals surface area contributed by atoms with E-state index in [9.17, 15) is 9.90 Å². The minimum atomic E-state index is -0.354. The van der Waals surface area contributed by atoms with Crippen molar-refractivity contribution < 1.29 is 14.6 Å². The normalized spacial score (nSPS) is 14.2. The number of phenols is 1. The second kappa shape index (κ2) is 12.0. The molecule has 6 rings (SSSR count). The SMILES string of the molecule is Cc1cc(NC(=O)c2cc(Oc3nc(-c4cccc(O)c4)nc4c3ncn4C)ccc2Cl)ccc1CN1CCN(C)CC1. The van der Waals surface area contributed by atoms with E-state index >= 15 is 0 Å². The summed E-state index contributed by atoms with van der Waals surface area (Å²) >= 11 is 6.46. The van der Waals surface area contributed by atoms with Gasteiger partial charge in [0.25, 0.3) is 11.8 Å². The van der Waals surface area contributed by atoms with Crippen molar-refractivity contribution in [3.8, 4) is 28.8 Å². The highest BCUT2D eigenvalue weighted by atomic mass is 35.5. The van der Waals surface area contributed by atoms with Crippen LogP contribution in [0, 0.1) is 6.92 Å². The van der Waals surface area contributed by atoms with Gasteiger partial charge in [0, 0.05) is 51.0 Å². The number of halogens is 1. The van der Waals surface area contributed by atoms with Crippen molar-refractivity contribution in [2.24, 2.45) is 7.05 Å². The highest BCUT2D eigenvalue weighted by Crippen LogP contribution is 2.32. The number of aromatic hydroxyl groups is 1. The number of nitrogens with zero attached hydrogens (tertiary/aromatic N) is 6. The minimum Gasteiger partial charge on any atom is -0.508 e. The number of benzene rings is 3. The van der Waals surface area contributed by atoms with E-state index in [-0.39, 0.29) is 23.1 Å². The summed E-state index contributed by atoms with van der Waals surface area (Å²) in [5.74, 6) is 0.681. The molecule has 2 aromatic heterocycles. The first-order valence-electron chi connectivity index (χ1n) is 14.0. The van der Waals surface area contributed by atoms with Gasteiger partial charge in [-0.15, -0.1) is 0 Å². The van der Waals surface area contributed by atoms with Crippen LogP contribution in [-0.2, 0) is 13.6 Å². The van der Waals surface area contributed by atoms with E-state index in [1.165, 1.54) is 5.56 Å². The molecule has 0 radical (unpaired) electrons. The van der Waals surface area contributed by atoms with Crippen molar-refractivity contribution in [2.45, 2.75) is 13.5 Å². The summed E-state index contributed by atoms with van der Waals surface area (Å²) in [5, 5.41) is 13.2. The zero-order valence-electron chi connectivity index (χ0n) is 24.2. The molecule has 5 aromatic rings. The molecule has 11 heteroatoms. The van der Waals surface area contributed by atoms with Gasteiger partial charge in [0.05, 0.1) is 16.9 Å². The molecule has 10 nitrogen and oxygen atoms in total. The molecule has 0 unspecified atom stereocenters. The van der Waals surface area contributed by atoms with Gasteiger partial charge in [-0.3, -0.25) is 9.69 Å². The van der Waals surface area contributed by atoms with Crippen LogP contribution < -0.4 is 10.1 Å². The summed E-state index contributed by atoms with van der Waals surface area (Å²) in [7, 11) is 3.97. The third kappa shape index (κ3) is 6.31. The van der Waals surface area contributed by atoms with Crippen LogP contribution in [0.3, 0.4) is 0 Å². The number of amides is 1. The number of carbonyl (C=O) groups excluding carboxylic acids is 1. The highest BCUT2D eigenvalue weighted by molar-refractivity contribution is 6.34. The number of rotatable bonds is 7. The maximum atomic E-state index is 13.3. The molecule has 1 fully saturated rings. The molecule has 1 amide bonds. The van der Waals surface area contributed by atoms with Crippen LogP contribution >= 0.6 is 11.6 Å². The molecule has 3 heterocycles. The number of aryl methyl sites for hydroxylation is 2. The fraction of sp³-hybridized carbons (Fsp3) is 0.250. The first kappa shape index (κ1) is 28.6. The van der Waals surface area contributed by atoms with Crippen molar-refractivity contribution >= 4 is 34.4 Å². The Hall–Kier alpha value is -4.51. The molecular weight excluding hydrogens is 566 g/mol. The van der Waals surface area contributed by atoms with Crippen LogP contribution in [0.5, 0.6) is 17.4 Å². The van der Waals surface area contributed by atoms with Gasteiger partial charge < -0.3 is 24.6 Å². The van der Waals surface area contributed by atoms with Crippen LogP contribution in [-0.4, -0.2) is 73.6 Å². The van der Waals surface area contributed by atoms with Crippen molar-refractivity contribution in [1.29, 1.82) is 0 Å². The molecule has 0 aliphatic carbocycles. The average molecular weight is 598 g/mol. The molecule has 220 valence electrons. The molecule has 3 aromatic carbocycles. The number of ether oxygens (including phenoxy) is 1. The Bertz CT molecular complexity index is 1810. The van der Waals surface area contributed by atoms with Gasteiger partial charge in [0.15, 0.2) is 17.0 Å². The predicted molar refractivity (Wildman–Crippen MR) is 167 cm³/mol. The lowest BCUT2D eigenvalue weighted by atomic mass is 10.1. The minimum absolute atomic E-state index is 0.0990. The third-order valence-corrected chi connectivity index (χ3v) is 7.95. The Balaban J connectivity index is 1.22. The smallest absolute Gasteiger partial charge is 0.257 e. The molecule has 43 heavy (non-hydrogen) atoms. The summed E-state index contributed by atoms with van der Waals surface area (Å²) in [4.78, 5) is 31.7. The number of hydrogen-bond donors (Lipinski definition) is 2. The summed E-state index contributed by atoms with van der Waals surface area (Å²) in [5.41, 5.74) is 4.94. The highest BCUT2D eigenvalue weighted by Gasteiger charge is 2.19. The van der Waals surface area contributed by atoms with E-state index in [1.54, 1.807) is 53.4 Å². The van der Waals surface area contributed by atoms with Gasteiger partial charge >= 0.3 is 0 Å². The predicted octanol–water partition coefficient (Wildman–Crippen LogP) is 5.49. The Kier molecular flexibility index (Phi) is 7.98. The van der Waals surface area contributed by atoms with E-state index < -0.39 is 0 Å². The summed E-state index contributed by atoms with van der Waals surface area (Å²) in [6.07, 6.45) is 1.62. The van der Waals surface area contributed by atoms with Crippen molar-refractivity contribution in [3.05, 3.63) is 88.7 Å². The Labute approximate surface area is 254 Å².